The predicted molar refractivity (Wildman–Crippen MR) is 216 cm³/mol. The molecule has 0 radical (unpaired) electrons. The molecule has 2 aromatic carbocycles. The van der Waals surface area contributed by atoms with Crippen LogP contribution in [0.1, 0.15) is 77.1 Å². The maximum absolute atomic E-state index is 13.6. The number of H-pyrrole nitrogens is 2. The van der Waals surface area contributed by atoms with Crippen LogP contribution in [0, 0.1) is 11.8 Å². The molecule has 4 unspecified atom stereocenters. The highest BCUT2D eigenvalue weighted by molar-refractivity contribution is 5.87. The number of ether oxygens (including phenoxy) is 2. The van der Waals surface area contributed by atoms with E-state index in [1.807, 2.05) is 70.2 Å². The van der Waals surface area contributed by atoms with E-state index in [9.17, 15) is 19.2 Å². The van der Waals surface area contributed by atoms with Gasteiger partial charge in [0.2, 0.25) is 11.8 Å². The van der Waals surface area contributed by atoms with E-state index in [0.29, 0.717) is 24.7 Å². The van der Waals surface area contributed by atoms with E-state index in [1.54, 1.807) is 28.4 Å². The van der Waals surface area contributed by atoms with E-state index in [4.69, 9.17) is 19.4 Å². The van der Waals surface area contributed by atoms with E-state index in [1.165, 1.54) is 14.2 Å². The number of likely N-dealkylation sites (tertiary alicyclic amines) is 2. The van der Waals surface area contributed by atoms with E-state index < -0.39 is 24.3 Å². The van der Waals surface area contributed by atoms with Crippen molar-refractivity contribution >= 4 is 35.0 Å². The van der Waals surface area contributed by atoms with Gasteiger partial charge in [0.05, 0.1) is 73.0 Å². The summed E-state index contributed by atoms with van der Waals surface area (Å²) < 4.78 is 9.51. The third-order valence-electron chi connectivity index (χ3n) is 11.0. The number of carbonyl (C=O) groups excluding carboxylic acids is 4. The Hall–Kier alpha value is -6.32. The smallest absolute Gasteiger partial charge is 0.407 e. The van der Waals surface area contributed by atoms with Crippen molar-refractivity contribution in [2.75, 3.05) is 27.3 Å². The minimum atomic E-state index is -0.703. The molecule has 0 bridgehead atoms. The zero-order valence-electron chi connectivity index (χ0n) is 33.6. The number of hydrogen-bond acceptors (Lipinski definition) is 10. The first kappa shape index (κ1) is 39.9. The second-order valence-corrected chi connectivity index (χ2v) is 15.5. The minimum absolute atomic E-state index is 0.114. The van der Waals surface area contributed by atoms with Gasteiger partial charge in [0.1, 0.15) is 23.7 Å². The van der Waals surface area contributed by atoms with Gasteiger partial charge in [-0.25, -0.2) is 24.5 Å². The first-order valence-electron chi connectivity index (χ1n) is 19.7. The summed E-state index contributed by atoms with van der Waals surface area (Å²) in [6, 6.07) is 12.0. The molecule has 16 nitrogen and oxygen atoms in total. The molecule has 3 aromatic heterocycles. The maximum Gasteiger partial charge on any atom is 0.407 e. The maximum atomic E-state index is 13.6. The molecule has 304 valence electrons. The van der Waals surface area contributed by atoms with Crippen LogP contribution in [0.2, 0.25) is 0 Å². The van der Waals surface area contributed by atoms with Crippen LogP contribution < -0.4 is 10.6 Å². The van der Waals surface area contributed by atoms with Gasteiger partial charge in [0.25, 0.3) is 0 Å². The number of amides is 4. The molecule has 2 fully saturated rings. The molecule has 4 atom stereocenters. The third kappa shape index (κ3) is 8.22. The summed E-state index contributed by atoms with van der Waals surface area (Å²) in [5.41, 5.74) is 6.56. The SMILES string of the molecule is COC(=O)NC(C(=O)N1CCCC1c1ncc(-c2ccc(-c3cnc4cc(-c5cnc(C6CCCN6C(=O)C(NC(=O)OC)C(C)C)[nH]5)ccc4n3)cc2)[nH]1)C(C)C. The number of hydrogen-bond donors (Lipinski definition) is 4. The topological polar surface area (TPSA) is 200 Å². The molecule has 0 spiro atoms. The Bertz CT molecular complexity index is 2290. The minimum Gasteiger partial charge on any atom is -0.453 e. The summed E-state index contributed by atoms with van der Waals surface area (Å²) >= 11 is 0. The quantitative estimate of drug-likeness (QED) is 0.120. The van der Waals surface area contributed by atoms with Crippen molar-refractivity contribution < 1.29 is 28.7 Å². The molecule has 58 heavy (non-hydrogen) atoms. The zero-order chi connectivity index (χ0) is 41.1. The van der Waals surface area contributed by atoms with E-state index in [2.05, 4.69) is 30.6 Å². The van der Waals surface area contributed by atoms with Gasteiger partial charge >= 0.3 is 12.2 Å². The molecule has 16 heteroatoms. The Morgan fingerprint density at radius 1 is 0.655 bits per heavy atom. The van der Waals surface area contributed by atoms with Crippen LogP contribution >= 0.6 is 0 Å². The fourth-order valence-corrected chi connectivity index (χ4v) is 7.83. The number of carbonyl (C=O) groups is 4. The van der Waals surface area contributed by atoms with Crippen molar-refractivity contribution in [3.63, 3.8) is 0 Å². The Kier molecular flexibility index (Phi) is 11.7. The summed E-state index contributed by atoms with van der Waals surface area (Å²) in [4.78, 5) is 80.5. The summed E-state index contributed by atoms with van der Waals surface area (Å²) in [6.07, 6.45) is 7.24. The first-order chi connectivity index (χ1) is 27.9. The molecule has 2 aliphatic rings. The summed E-state index contributed by atoms with van der Waals surface area (Å²) in [5, 5.41) is 5.38. The predicted octanol–water partition coefficient (Wildman–Crippen LogP) is 6.17. The lowest BCUT2D eigenvalue weighted by Crippen LogP contribution is -2.51. The molecular formula is C42H50N10O6. The first-order valence-corrected chi connectivity index (χ1v) is 19.7. The molecule has 5 heterocycles. The van der Waals surface area contributed by atoms with E-state index in [-0.39, 0.29) is 35.7 Å². The molecule has 7 rings (SSSR count). The number of rotatable bonds is 11. The number of nitrogens with one attached hydrogen (secondary N) is 4. The molecule has 5 aromatic rings. The Labute approximate surface area is 336 Å². The van der Waals surface area contributed by atoms with Crippen LogP contribution in [0.25, 0.3) is 44.8 Å². The summed E-state index contributed by atoms with van der Waals surface area (Å²) in [7, 11) is 2.57. The molecule has 4 amide bonds. The number of aromatic amines is 2. The largest absolute Gasteiger partial charge is 0.453 e. The Morgan fingerprint density at radius 3 is 1.64 bits per heavy atom. The molecule has 2 aliphatic heterocycles. The molecular weight excluding hydrogens is 741 g/mol. The number of nitrogens with zero attached hydrogens (tertiary/aromatic N) is 6. The van der Waals surface area contributed by atoms with Crippen molar-refractivity contribution in [1.82, 2.24) is 50.3 Å². The van der Waals surface area contributed by atoms with Crippen LogP contribution in [0.15, 0.2) is 61.1 Å². The molecule has 0 saturated carbocycles. The van der Waals surface area contributed by atoms with Crippen molar-refractivity contribution in [2.45, 2.75) is 77.5 Å². The Balaban J connectivity index is 1.02. The van der Waals surface area contributed by atoms with Gasteiger partial charge in [-0.15, -0.1) is 0 Å². The average Bonchev–Trinajstić information content (AvgIpc) is 4.07. The van der Waals surface area contributed by atoms with Crippen LogP contribution in [0.4, 0.5) is 9.59 Å². The van der Waals surface area contributed by atoms with Gasteiger partial charge in [-0.3, -0.25) is 14.6 Å². The number of methoxy groups -OCH3 is 2. The third-order valence-corrected chi connectivity index (χ3v) is 11.0. The van der Waals surface area contributed by atoms with Crippen molar-refractivity contribution in [3.05, 3.63) is 72.7 Å². The molecule has 2 saturated heterocycles. The number of fused-ring (bicyclic) bond motifs is 1. The summed E-state index contributed by atoms with van der Waals surface area (Å²) in [5.74, 6) is 0.860. The van der Waals surface area contributed by atoms with Gasteiger partial charge in [-0.05, 0) is 55.2 Å². The van der Waals surface area contributed by atoms with Gasteiger partial charge in [-0.1, -0.05) is 58.0 Å². The lowest BCUT2D eigenvalue weighted by molar-refractivity contribution is -0.136. The standard InChI is InChI=1S/C42H50N10O6/c1-23(2)35(49-41(55)57-5)39(53)51-17-7-9-33(51)37-44-21-31(47-37)26-13-11-25(12-14-26)30-20-43-29-19-27(15-16-28(29)46-30)32-22-45-38(48-32)34-10-8-18-52(34)40(54)36(24(3)4)50-42(56)58-6/h11-16,19-24,33-36H,7-10,17-18H2,1-6H3,(H,44,47)(H,45,48)(H,49,55)(H,50,56). The highest BCUT2D eigenvalue weighted by atomic mass is 16.5. The van der Waals surface area contributed by atoms with Crippen molar-refractivity contribution in [1.29, 1.82) is 0 Å². The van der Waals surface area contributed by atoms with Crippen LogP contribution in [-0.4, -0.2) is 103 Å². The van der Waals surface area contributed by atoms with Crippen molar-refractivity contribution in [3.8, 4) is 33.8 Å². The fourth-order valence-electron chi connectivity index (χ4n) is 7.83. The number of imidazole rings is 2. The number of benzene rings is 2. The average molecular weight is 791 g/mol. The monoisotopic (exact) mass is 790 g/mol. The zero-order valence-corrected chi connectivity index (χ0v) is 33.6. The van der Waals surface area contributed by atoms with E-state index >= 15 is 0 Å². The van der Waals surface area contributed by atoms with Crippen LogP contribution in [-0.2, 0) is 19.1 Å². The molecule has 4 N–H and O–H groups in total. The highest BCUT2D eigenvalue weighted by Gasteiger charge is 2.39. The van der Waals surface area contributed by atoms with E-state index in [0.717, 1.165) is 70.5 Å². The second-order valence-electron chi connectivity index (χ2n) is 15.5. The fraction of sp³-hybridized carbons (Fsp3) is 0.429. The van der Waals surface area contributed by atoms with Gasteiger partial charge in [0.15, 0.2) is 0 Å². The van der Waals surface area contributed by atoms with Gasteiger partial charge < -0.3 is 39.9 Å². The Morgan fingerprint density at radius 2 is 1.14 bits per heavy atom. The lowest BCUT2D eigenvalue weighted by Gasteiger charge is -2.30. The lowest BCUT2D eigenvalue weighted by atomic mass is 10.0. The number of alkyl carbamates (subject to hydrolysis) is 2. The highest BCUT2D eigenvalue weighted by Crippen LogP contribution is 2.35. The van der Waals surface area contributed by atoms with Crippen LogP contribution in [0.5, 0.6) is 0 Å². The molecule has 0 aliphatic carbocycles. The van der Waals surface area contributed by atoms with Crippen LogP contribution in [0.3, 0.4) is 0 Å². The summed E-state index contributed by atoms with van der Waals surface area (Å²) in [6.45, 7) is 8.74. The number of aromatic nitrogens is 6. The normalized spacial score (nSPS) is 17.8. The second kappa shape index (κ2) is 17.0. The van der Waals surface area contributed by atoms with Gasteiger partial charge in [-0.2, -0.15) is 0 Å². The van der Waals surface area contributed by atoms with Crippen molar-refractivity contribution in [2.24, 2.45) is 11.8 Å². The van der Waals surface area contributed by atoms with Gasteiger partial charge in [0, 0.05) is 24.2 Å².